The van der Waals surface area contributed by atoms with Gasteiger partial charge in [0, 0.05) is 38.6 Å². The molecular weight excluding hydrogens is 364 g/mol. The maximum atomic E-state index is 4.01. The summed E-state index contributed by atoms with van der Waals surface area (Å²) in [5, 5.41) is 2.96. The van der Waals surface area contributed by atoms with Crippen LogP contribution in [-0.2, 0) is 10.8 Å². The van der Waals surface area contributed by atoms with Crippen molar-refractivity contribution in [2.75, 3.05) is 0 Å². The standard InChI is InChI=1S/C28H30N2/c1-7-15-27(16-8-1)23-19-11-3-5-13-21(19)29-25(23)28(17-9-2-10-18-28)26-24(27)20-12-4-6-14-22(20)30-26/h3-6,11-14,29-30H,1-2,7-10,15-18H2. The van der Waals surface area contributed by atoms with Crippen LogP contribution < -0.4 is 0 Å². The van der Waals surface area contributed by atoms with Gasteiger partial charge in [-0.2, -0.15) is 0 Å². The molecule has 0 unspecified atom stereocenters. The summed E-state index contributed by atoms with van der Waals surface area (Å²) in [5.41, 5.74) is 9.41. The highest BCUT2D eigenvalue weighted by molar-refractivity contribution is 5.94. The van der Waals surface area contributed by atoms with Gasteiger partial charge in [-0.25, -0.2) is 0 Å². The van der Waals surface area contributed by atoms with Gasteiger partial charge in [0.1, 0.15) is 0 Å². The van der Waals surface area contributed by atoms with Crippen LogP contribution in [0.5, 0.6) is 0 Å². The summed E-state index contributed by atoms with van der Waals surface area (Å²) in [4.78, 5) is 8.03. The first-order chi connectivity index (χ1) is 14.8. The monoisotopic (exact) mass is 394 g/mol. The van der Waals surface area contributed by atoms with Crippen molar-refractivity contribution in [2.45, 2.75) is 75.0 Å². The smallest absolute Gasteiger partial charge is 0.0510 e. The lowest BCUT2D eigenvalue weighted by atomic mass is 9.54. The van der Waals surface area contributed by atoms with Crippen molar-refractivity contribution in [1.82, 2.24) is 9.97 Å². The van der Waals surface area contributed by atoms with E-state index in [0.29, 0.717) is 0 Å². The van der Waals surface area contributed by atoms with E-state index in [9.17, 15) is 0 Å². The van der Waals surface area contributed by atoms with Gasteiger partial charge in [-0.15, -0.1) is 0 Å². The maximum Gasteiger partial charge on any atom is 0.0510 e. The van der Waals surface area contributed by atoms with Gasteiger partial charge in [0.05, 0.1) is 5.41 Å². The van der Waals surface area contributed by atoms with E-state index in [1.807, 2.05) is 0 Å². The lowest BCUT2D eigenvalue weighted by molar-refractivity contribution is 0.281. The lowest BCUT2D eigenvalue weighted by Crippen LogP contribution is -2.44. The molecule has 7 rings (SSSR count). The highest BCUT2D eigenvalue weighted by atomic mass is 14.9. The third kappa shape index (κ3) is 2.00. The first-order valence-corrected chi connectivity index (χ1v) is 12.1. The second-order valence-corrected chi connectivity index (χ2v) is 10.1. The first-order valence-electron chi connectivity index (χ1n) is 12.1. The molecule has 2 fully saturated rings. The van der Waals surface area contributed by atoms with Crippen LogP contribution in [0.25, 0.3) is 21.8 Å². The molecule has 4 aromatic rings. The molecule has 2 N–H and O–H groups in total. The zero-order chi connectivity index (χ0) is 19.8. The van der Waals surface area contributed by atoms with Crippen molar-refractivity contribution in [3.05, 3.63) is 71.0 Å². The van der Waals surface area contributed by atoms with E-state index < -0.39 is 0 Å². The fourth-order valence-corrected chi connectivity index (χ4v) is 7.56. The molecule has 0 aliphatic heterocycles. The summed E-state index contributed by atoms with van der Waals surface area (Å²) in [6.07, 6.45) is 13.2. The van der Waals surface area contributed by atoms with Crippen molar-refractivity contribution < 1.29 is 0 Å². The van der Waals surface area contributed by atoms with Crippen LogP contribution in [0.2, 0.25) is 0 Å². The van der Waals surface area contributed by atoms with Crippen LogP contribution in [0.4, 0.5) is 0 Å². The molecule has 0 amide bonds. The molecule has 3 aliphatic carbocycles. The maximum absolute atomic E-state index is 4.01. The Morgan fingerprint density at radius 2 is 0.933 bits per heavy atom. The predicted octanol–water partition coefficient (Wildman–Crippen LogP) is 7.46. The van der Waals surface area contributed by atoms with E-state index in [1.54, 1.807) is 22.5 Å². The minimum atomic E-state index is 0.129. The molecule has 0 radical (unpaired) electrons. The highest BCUT2D eigenvalue weighted by Crippen LogP contribution is 2.61. The normalized spacial score (nSPS) is 21.9. The molecule has 2 heterocycles. The highest BCUT2D eigenvalue weighted by Gasteiger charge is 2.54. The van der Waals surface area contributed by atoms with E-state index in [1.165, 1.54) is 86.0 Å². The van der Waals surface area contributed by atoms with Gasteiger partial charge in [-0.05, 0) is 48.9 Å². The molecule has 152 valence electrons. The van der Waals surface area contributed by atoms with Crippen molar-refractivity contribution in [2.24, 2.45) is 0 Å². The second kappa shape index (κ2) is 6.03. The topological polar surface area (TPSA) is 31.6 Å². The first kappa shape index (κ1) is 17.2. The van der Waals surface area contributed by atoms with Crippen molar-refractivity contribution >= 4 is 21.8 Å². The Labute approximate surface area is 178 Å². The van der Waals surface area contributed by atoms with Gasteiger partial charge < -0.3 is 9.97 Å². The minimum absolute atomic E-state index is 0.129. The fourth-order valence-electron chi connectivity index (χ4n) is 7.56. The number of rotatable bonds is 0. The quantitative estimate of drug-likeness (QED) is 0.310. The van der Waals surface area contributed by atoms with E-state index in [4.69, 9.17) is 0 Å². The Morgan fingerprint density at radius 3 is 1.43 bits per heavy atom. The van der Waals surface area contributed by atoms with Gasteiger partial charge >= 0.3 is 0 Å². The van der Waals surface area contributed by atoms with Crippen molar-refractivity contribution in [3.8, 4) is 0 Å². The molecule has 0 saturated heterocycles. The number of nitrogens with one attached hydrogen (secondary N) is 2. The van der Waals surface area contributed by atoms with Gasteiger partial charge in [-0.1, -0.05) is 74.9 Å². The average molecular weight is 395 g/mol. The molecule has 3 aliphatic rings. The number of aromatic amines is 2. The number of benzene rings is 2. The largest absolute Gasteiger partial charge is 0.357 e. The van der Waals surface area contributed by atoms with Crippen LogP contribution in [-0.4, -0.2) is 9.97 Å². The average Bonchev–Trinajstić information content (AvgIpc) is 3.40. The number of hydrogen-bond acceptors (Lipinski definition) is 0. The summed E-state index contributed by atoms with van der Waals surface area (Å²) >= 11 is 0. The van der Waals surface area contributed by atoms with Gasteiger partial charge in [-0.3, -0.25) is 0 Å². The molecule has 0 bridgehead atoms. The van der Waals surface area contributed by atoms with E-state index in [-0.39, 0.29) is 10.8 Å². The summed E-state index contributed by atoms with van der Waals surface area (Å²) in [7, 11) is 0. The van der Waals surface area contributed by atoms with Crippen molar-refractivity contribution in [1.29, 1.82) is 0 Å². The summed E-state index contributed by atoms with van der Waals surface area (Å²) in [6.45, 7) is 0. The molecule has 2 spiro atoms. The summed E-state index contributed by atoms with van der Waals surface area (Å²) in [5.74, 6) is 0. The van der Waals surface area contributed by atoms with Crippen LogP contribution in [0.3, 0.4) is 0 Å². The van der Waals surface area contributed by atoms with E-state index in [0.717, 1.165) is 0 Å². The molecule has 0 atom stereocenters. The Hall–Kier alpha value is -2.48. The minimum Gasteiger partial charge on any atom is -0.357 e. The van der Waals surface area contributed by atoms with Crippen LogP contribution in [0, 0.1) is 0 Å². The van der Waals surface area contributed by atoms with Crippen molar-refractivity contribution in [3.63, 3.8) is 0 Å². The number of aromatic nitrogens is 2. The number of hydrogen-bond donors (Lipinski definition) is 2. The molecule has 2 aromatic carbocycles. The zero-order valence-electron chi connectivity index (χ0n) is 17.7. The van der Waals surface area contributed by atoms with Crippen LogP contribution in [0.15, 0.2) is 48.5 Å². The third-order valence-electron chi connectivity index (χ3n) is 8.74. The number of para-hydroxylation sites is 2. The third-order valence-corrected chi connectivity index (χ3v) is 8.74. The zero-order valence-corrected chi connectivity index (χ0v) is 17.7. The van der Waals surface area contributed by atoms with Gasteiger partial charge in [0.25, 0.3) is 0 Å². The van der Waals surface area contributed by atoms with Gasteiger partial charge in [0.2, 0.25) is 0 Å². The lowest BCUT2D eigenvalue weighted by Gasteiger charge is -2.49. The fraction of sp³-hybridized carbons (Fsp3) is 0.429. The summed E-state index contributed by atoms with van der Waals surface area (Å²) in [6, 6.07) is 18.2. The van der Waals surface area contributed by atoms with E-state index >= 15 is 0 Å². The van der Waals surface area contributed by atoms with Crippen LogP contribution >= 0.6 is 0 Å². The Kier molecular flexibility index (Phi) is 3.46. The summed E-state index contributed by atoms with van der Waals surface area (Å²) < 4.78 is 0. The number of fused-ring (bicyclic) bond motifs is 10. The molecule has 2 heteroatoms. The van der Waals surface area contributed by atoms with Crippen LogP contribution in [0.1, 0.15) is 86.7 Å². The van der Waals surface area contributed by atoms with E-state index in [2.05, 4.69) is 58.5 Å². The Morgan fingerprint density at radius 1 is 0.500 bits per heavy atom. The number of H-pyrrole nitrogens is 2. The molecule has 2 aromatic heterocycles. The molecule has 30 heavy (non-hydrogen) atoms. The second-order valence-electron chi connectivity index (χ2n) is 10.1. The Balaban J connectivity index is 1.67. The predicted molar refractivity (Wildman–Crippen MR) is 124 cm³/mol. The SMILES string of the molecule is c1ccc2c3c([nH]c2c1)C1(CCCCC1)c1[nH]c2ccccc2c1C31CCCCC1. The molecular formula is C28H30N2. The molecule has 2 saturated carbocycles. The Bertz CT molecular complexity index is 1170. The molecule has 2 nitrogen and oxygen atoms in total. The van der Waals surface area contributed by atoms with Gasteiger partial charge in [0.15, 0.2) is 0 Å².